The minimum atomic E-state index is 0.206. The smallest absolute Gasteiger partial charge is 0.173 e. The second-order valence-electron chi connectivity index (χ2n) is 3.39. The van der Waals surface area contributed by atoms with Gasteiger partial charge in [0.1, 0.15) is 6.17 Å². The van der Waals surface area contributed by atoms with Gasteiger partial charge in [0.2, 0.25) is 0 Å². The lowest BCUT2D eigenvalue weighted by molar-refractivity contribution is 0.632. The zero-order valence-corrected chi connectivity index (χ0v) is 7.81. The van der Waals surface area contributed by atoms with Crippen molar-refractivity contribution in [1.29, 1.82) is 0 Å². The lowest BCUT2D eigenvalue weighted by Gasteiger charge is -2.26. The monoisotopic (exact) mass is 186 g/mol. The molecule has 2 aliphatic heterocycles. The minimum Gasteiger partial charge on any atom is -0.300 e. The topological polar surface area (TPSA) is 40.0 Å². The quantitative estimate of drug-likeness (QED) is 0.666. The minimum absolute atomic E-state index is 0.206. The molecule has 0 amide bonds. The summed E-state index contributed by atoms with van der Waals surface area (Å²) in [5.41, 5.74) is 5.14. The first-order chi connectivity index (χ1) is 6.86. The van der Waals surface area contributed by atoms with Gasteiger partial charge in [0.05, 0.1) is 17.6 Å². The van der Waals surface area contributed by atoms with Crippen LogP contribution in [0.25, 0.3) is 0 Å². The van der Waals surface area contributed by atoms with Crippen LogP contribution in [0.1, 0.15) is 6.92 Å². The fourth-order valence-electron chi connectivity index (χ4n) is 1.80. The molecule has 0 saturated heterocycles. The number of hydrazone groups is 1. The molecule has 2 heterocycles. The third-order valence-corrected chi connectivity index (χ3v) is 2.46. The van der Waals surface area contributed by atoms with Crippen LogP contribution in [-0.2, 0) is 0 Å². The van der Waals surface area contributed by atoms with E-state index in [1.807, 2.05) is 18.2 Å². The summed E-state index contributed by atoms with van der Waals surface area (Å²) in [5.74, 6) is 0.885. The van der Waals surface area contributed by atoms with Gasteiger partial charge in [0.25, 0.3) is 0 Å². The molecular formula is C10H10N4. The molecule has 0 radical (unpaired) electrons. The van der Waals surface area contributed by atoms with E-state index in [9.17, 15) is 0 Å². The molecule has 0 spiro atoms. The predicted octanol–water partition coefficient (Wildman–Crippen LogP) is 1.47. The number of fused-ring (bicyclic) bond motifs is 3. The van der Waals surface area contributed by atoms with Crippen molar-refractivity contribution in [3.8, 4) is 0 Å². The van der Waals surface area contributed by atoms with Crippen LogP contribution in [0.4, 0.5) is 11.4 Å². The van der Waals surface area contributed by atoms with Crippen molar-refractivity contribution in [3.63, 3.8) is 0 Å². The van der Waals surface area contributed by atoms with E-state index in [0.717, 1.165) is 17.2 Å². The summed E-state index contributed by atoms with van der Waals surface area (Å²) in [4.78, 5) is 6.47. The average molecular weight is 186 g/mol. The molecule has 1 aromatic rings. The van der Waals surface area contributed by atoms with E-state index in [-0.39, 0.29) is 6.17 Å². The van der Waals surface area contributed by atoms with Crippen LogP contribution in [0, 0.1) is 0 Å². The van der Waals surface area contributed by atoms with Crippen molar-refractivity contribution in [3.05, 3.63) is 24.3 Å². The summed E-state index contributed by atoms with van der Waals surface area (Å²) in [6.07, 6.45) is 2.00. The molecule has 2 aliphatic rings. The summed E-state index contributed by atoms with van der Waals surface area (Å²) < 4.78 is 0. The number of aliphatic imine (C=N–C) groups is 1. The van der Waals surface area contributed by atoms with E-state index >= 15 is 0 Å². The molecule has 1 unspecified atom stereocenters. The van der Waals surface area contributed by atoms with Gasteiger partial charge in [-0.15, -0.1) is 0 Å². The average Bonchev–Trinajstić information content (AvgIpc) is 2.61. The molecule has 0 aliphatic carbocycles. The van der Waals surface area contributed by atoms with Crippen LogP contribution in [0.15, 0.2) is 34.4 Å². The van der Waals surface area contributed by atoms with Gasteiger partial charge in [-0.25, -0.2) is 0 Å². The second-order valence-corrected chi connectivity index (χ2v) is 3.39. The third-order valence-electron chi connectivity index (χ3n) is 2.46. The van der Waals surface area contributed by atoms with Crippen LogP contribution < -0.4 is 10.3 Å². The highest BCUT2D eigenvalue weighted by atomic mass is 15.5. The van der Waals surface area contributed by atoms with E-state index in [2.05, 4.69) is 33.4 Å². The Hall–Kier alpha value is -1.84. The number of para-hydroxylation sites is 2. The van der Waals surface area contributed by atoms with Crippen LogP contribution in [0.2, 0.25) is 0 Å². The van der Waals surface area contributed by atoms with Crippen LogP contribution in [0.5, 0.6) is 0 Å². The second kappa shape index (κ2) is 2.57. The maximum absolute atomic E-state index is 4.33. The summed E-state index contributed by atoms with van der Waals surface area (Å²) in [6.45, 7) is 2.08. The fraction of sp³-hybridized carbons (Fsp3) is 0.200. The summed E-state index contributed by atoms with van der Waals surface area (Å²) in [7, 11) is 0. The molecule has 70 valence electrons. The number of amidine groups is 1. The zero-order chi connectivity index (χ0) is 9.54. The van der Waals surface area contributed by atoms with Gasteiger partial charge in [0, 0.05) is 0 Å². The van der Waals surface area contributed by atoms with E-state index in [4.69, 9.17) is 0 Å². The molecule has 14 heavy (non-hydrogen) atoms. The number of hydrogen-bond donors (Lipinski definition) is 1. The highest BCUT2D eigenvalue weighted by Gasteiger charge is 2.28. The lowest BCUT2D eigenvalue weighted by atomic mass is 10.2. The van der Waals surface area contributed by atoms with Gasteiger partial charge in [-0.1, -0.05) is 12.1 Å². The van der Waals surface area contributed by atoms with Crippen molar-refractivity contribution < 1.29 is 0 Å². The maximum Gasteiger partial charge on any atom is 0.173 e. The number of hydrogen-bond acceptors (Lipinski definition) is 4. The van der Waals surface area contributed by atoms with Crippen LogP contribution in [0.3, 0.4) is 0 Å². The standard InChI is InChI=1S/C10H10N4/c1-7-12-13-10-6-11-8-4-2-3-5-9(8)14(7)10/h2-7,12H,1H3. The number of anilines is 1. The Morgan fingerprint density at radius 3 is 3.14 bits per heavy atom. The summed E-state index contributed by atoms with van der Waals surface area (Å²) in [6, 6.07) is 8.08. The SMILES string of the molecule is CC1NN=C2C=Nc3ccccc3N21. The Morgan fingerprint density at radius 2 is 2.21 bits per heavy atom. The lowest BCUT2D eigenvalue weighted by Crippen LogP contribution is -2.39. The van der Waals surface area contributed by atoms with Crippen LogP contribution in [-0.4, -0.2) is 18.2 Å². The molecule has 4 nitrogen and oxygen atoms in total. The summed E-state index contributed by atoms with van der Waals surface area (Å²) in [5, 5.41) is 4.18. The first-order valence-electron chi connectivity index (χ1n) is 4.62. The zero-order valence-electron chi connectivity index (χ0n) is 7.81. The molecule has 1 aromatic carbocycles. The van der Waals surface area contributed by atoms with Gasteiger partial charge in [-0.2, -0.15) is 5.10 Å². The Morgan fingerprint density at radius 1 is 1.36 bits per heavy atom. The Kier molecular flexibility index (Phi) is 1.39. The van der Waals surface area contributed by atoms with E-state index in [1.54, 1.807) is 6.21 Å². The number of benzene rings is 1. The fourth-order valence-corrected chi connectivity index (χ4v) is 1.80. The van der Waals surface area contributed by atoms with Gasteiger partial charge in [-0.3, -0.25) is 15.3 Å². The largest absolute Gasteiger partial charge is 0.300 e. The highest BCUT2D eigenvalue weighted by molar-refractivity contribution is 6.38. The molecular weight excluding hydrogens is 176 g/mol. The molecule has 1 N–H and O–H groups in total. The third kappa shape index (κ3) is 0.878. The molecule has 0 aromatic heterocycles. The van der Waals surface area contributed by atoms with E-state index < -0.39 is 0 Å². The number of nitrogens with zero attached hydrogens (tertiary/aromatic N) is 3. The van der Waals surface area contributed by atoms with Crippen LogP contribution >= 0.6 is 0 Å². The molecule has 1 atom stereocenters. The first-order valence-corrected chi connectivity index (χ1v) is 4.62. The Balaban J connectivity index is 2.19. The predicted molar refractivity (Wildman–Crippen MR) is 57.1 cm³/mol. The van der Waals surface area contributed by atoms with Gasteiger partial charge < -0.3 is 0 Å². The first kappa shape index (κ1) is 7.55. The molecule has 0 bridgehead atoms. The van der Waals surface area contributed by atoms with Crippen molar-refractivity contribution in [2.45, 2.75) is 13.1 Å². The summed E-state index contributed by atoms with van der Waals surface area (Å²) >= 11 is 0. The van der Waals surface area contributed by atoms with E-state index in [0.29, 0.717) is 0 Å². The van der Waals surface area contributed by atoms with Crippen molar-refractivity contribution in [2.75, 3.05) is 4.90 Å². The molecule has 0 saturated carbocycles. The normalized spacial score (nSPS) is 22.5. The van der Waals surface area contributed by atoms with E-state index in [1.165, 1.54) is 0 Å². The molecule has 0 fully saturated rings. The van der Waals surface area contributed by atoms with Gasteiger partial charge in [-0.05, 0) is 19.1 Å². The maximum atomic E-state index is 4.33. The van der Waals surface area contributed by atoms with Gasteiger partial charge in [0.15, 0.2) is 5.84 Å². The highest BCUT2D eigenvalue weighted by Crippen LogP contribution is 2.33. The van der Waals surface area contributed by atoms with Crippen molar-refractivity contribution in [2.24, 2.45) is 10.1 Å². The number of nitrogens with one attached hydrogen (secondary N) is 1. The van der Waals surface area contributed by atoms with Gasteiger partial charge >= 0.3 is 0 Å². The van der Waals surface area contributed by atoms with Crippen molar-refractivity contribution in [1.82, 2.24) is 5.43 Å². The van der Waals surface area contributed by atoms with Crippen molar-refractivity contribution >= 4 is 23.4 Å². The Bertz CT molecular complexity index is 436. The molecule has 4 heteroatoms. The Labute approximate surface area is 81.9 Å². The number of rotatable bonds is 0. The molecule has 3 rings (SSSR count).